The molecule has 0 aliphatic rings. The molecule has 0 aliphatic carbocycles. The Morgan fingerprint density at radius 1 is 1.07 bits per heavy atom. The fourth-order valence-corrected chi connectivity index (χ4v) is 3.85. The number of carbonyl (C=O) groups is 1. The molecular formula is C20H26N2O5S. The summed E-state index contributed by atoms with van der Waals surface area (Å²) < 4.78 is 37.9. The quantitative estimate of drug-likeness (QED) is 0.729. The first kappa shape index (κ1) is 21.6. The molecule has 2 aromatic rings. The first-order valence-electron chi connectivity index (χ1n) is 8.86. The number of methoxy groups -OCH3 is 2. The van der Waals surface area contributed by atoms with Crippen molar-refractivity contribution in [2.24, 2.45) is 0 Å². The van der Waals surface area contributed by atoms with Crippen LogP contribution < -0.4 is 19.1 Å². The molecule has 2 aromatic carbocycles. The van der Waals surface area contributed by atoms with Crippen LogP contribution in [-0.4, -0.2) is 42.1 Å². The summed E-state index contributed by atoms with van der Waals surface area (Å²) in [6, 6.07) is 9.51. The number of aryl methyl sites for hydroxylation is 1. The Hall–Kier alpha value is -2.74. The molecule has 152 valence electrons. The van der Waals surface area contributed by atoms with Gasteiger partial charge < -0.3 is 14.8 Å². The number of carbonyl (C=O) groups excluding carboxylic acids is 1. The maximum absolute atomic E-state index is 13.1. The van der Waals surface area contributed by atoms with E-state index in [9.17, 15) is 13.2 Å². The molecular weight excluding hydrogens is 380 g/mol. The molecule has 0 radical (unpaired) electrons. The largest absolute Gasteiger partial charge is 0.493 e. The van der Waals surface area contributed by atoms with Gasteiger partial charge in [-0.1, -0.05) is 24.6 Å². The minimum absolute atomic E-state index is 0.135. The first-order chi connectivity index (χ1) is 13.3. The van der Waals surface area contributed by atoms with Crippen molar-refractivity contribution in [3.63, 3.8) is 0 Å². The summed E-state index contributed by atoms with van der Waals surface area (Å²) in [6.45, 7) is 4.29. The summed E-state index contributed by atoms with van der Waals surface area (Å²) >= 11 is 0. The lowest BCUT2D eigenvalue weighted by molar-refractivity contribution is 0.0954. The third-order valence-electron chi connectivity index (χ3n) is 4.30. The molecule has 0 aliphatic heterocycles. The van der Waals surface area contributed by atoms with Crippen LogP contribution in [0.15, 0.2) is 41.3 Å². The summed E-state index contributed by atoms with van der Waals surface area (Å²) in [5.41, 5.74) is 1.34. The van der Waals surface area contributed by atoms with Crippen LogP contribution in [0.4, 0.5) is 5.69 Å². The third kappa shape index (κ3) is 4.39. The number of anilines is 1. The second-order valence-corrected chi connectivity index (χ2v) is 8.24. The summed E-state index contributed by atoms with van der Waals surface area (Å²) in [5, 5.41) is 2.77. The van der Waals surface area contributed by atoms with E-state index in [-0.39, 0.29) is 22.1 Å². The van der Waals surface area contributed by atoms with Crippen molar-refractivity contribution in [2.75, 3.05) is 32.1 Å². The van der Waals surface area contributed by atoms with Crippen molar-refractivity contribution in [1.29, 1.82) is 0 Å². The Morgan fingerprint density at radius 3 is 2.18 bits per heavy atom. The number of nitrogens with zero attached hydrogens (tertiary/aromatic N) is 1. The van der Waals surface area contributed by atoms with Gasteiger partial charge in [-0.15, -0.1) is 0 Å². The molecule has 0 spiro atoms. The van der Waals surface area contributed by atoms with Crippen molar-refractivity contribution in [1.82, 2.24) is 5.32 Å². The lowest BCUT2D eigenvalue weighted by atomic mass is 10.1. The number of hydrogen-bond donors (Lipinski definition) is 1. The number of hydrogen-bond acceptors (Lipinski definition) is 5. The second kappa shape index (κ2) is 8.97. The van der Waals surface area contributed by atoms with Gasteiger partial charge in [0.25, 0.3) is 15.9 Å². The number of rotatable bonds is 8. The Labute approximate surface area is 166 Å². The summed E-state index contributed by atoms with van der Waals surface area (Å²) in [5.74, 6) is 0.285. The first-order valence-corrected chi connectivity index (χ1v) is 10.3. The van der Waals surface area contributed by atoms with Crippen molar-refractivity contribution < 1.29 is 22.7 Å². The van der Waals surface area contributed by atoms with E-state index in [4.69, 9.17) is 9.47 Å². The van der Waals surface area contributed by atoms with Gasteiger partial charge in [-0.2, -0.15) is 0 Å². The Bertz CT molecular complexity index is 940. The zero-order chi connectivity index (χ0) is 20.9. The fraction of sp³-hybridized carbons (Fsp3) is 0.350. The predicted octanol–water partition coefficient (Wildman–Crippen LogP) is 2.98. The molecule has 0 fully saturated rings. The van der Waals surface area contributed by atoms with E-state index in [1.165, 1.54) is 33.4 Å². The average molecular weight is 407 g/mol. The Morgan fingerprint density at radius 2 is 1.64 bits per heavy atom. The number of nitrogens with one attached hydrogen (secondary N) is 1. The molecule has 0 heterocycles. The van der Waals surface area contributed by atoms with Crippen molar-refractivity contribution >= 4 is 21.6 Å². The van der Waals surface area contributed by atoms with E-state index in [0.717, 1.165) is 16.3 Å². The van der Waals surface area contributed by atoms with Gasteiger partial charge in [-0.25, -0.2) is 8.42 Å². The van der Waals surface area contributed by atoms with Crippen LogP contribution in [0.1, 0.15) is 29.3 Å². The van der Waals surface area contributed by atoms with E-state index in [2.05, 4.69) is 5.32 Å². The van der Waals surface area contributed by atoms with Gasteiger partial charge in [0, 0.05) is 19.7 Å². The molecule has 1 N–H and O–H groups in total. The van der Waals surface area contributed by atoms with E-state index < -0.39 is 10.0 Å². The van der Waals surface area contributed by atoms with E-state index in [0.29, 0.717) is 18.0 Å². The van der Waals surface area contributed by atoms with Crippen molar-refractivity contribution in [2.45, 2.75) is 25.2 Å². The molecule has 0 atom stereocenters. The standard InChI is InChI=1S/C20H26N2O5S/c1-6-11-21-20(23)16-12-18(26-4)19(27-5)13-17(16)22(3)28(24,25)15-9-7-14(2)8-10-15/h7-10,12-13H,6,11H2,1-5H3,(H,21,23). The highest BCUT2D eigenvalue weighted by Crippen LogP contribution is 2.36. The zero-order valence-electron chi connectivity index (χ0n) is 16.8. The smallest absolute Gasteiger partial charge is 0.264 e. The molecule has 8 heteroatoms. The Balaban J connectivity index is 2.60. The van der Waals surface area contributed by atoms with Gasteiger partial charge in [-0.3, -0.25) is 9.10 Å². The van der Waals surface area contributed by atoms with Gasteiger partial charge in [0.15, 0.2) is 11.5 Å². The Kier molecular flexibility index (Phi) is 6.90. The number of benzene rings is 2. The highest BCUT2D eigenvalue weighted by atomic mass is 32.2. The van der Waals surface area contributed by atoms with Crippen LogP contribution in [0, 0.1) is 6.92 Å². The fourth-order valence-electron chi connectivity index (χ4n) is 2.64. The van der Waals surface area contributed by atoms with E-state index in [1.54, 1.807) is 24.3 Å². The van der Waals surface area contributed by atoms with Gasteiger partial charge in [-0.05, 0) is 31.5 Å². The van der Waals surface area contributed by atoms with Crippen molar-refractivity contribution in [3.8, 4) is 11.5 Å². The van der Waals surface area contributed by atoms with Crippen LogP contribution in [0.25, 0.3) is 0 Å². The van der Waals surface area contributed by atoms with Crippen LogP contribution in [0.2, 0.25) is 0 Å². The highest BCUT2D eigenvalue weighted by Gasteiger charge is 2.27. The van der Waals surface area contributed by atoms with Crippen LogP contribution in [0.5, 0.6) is 11.5 Å². The third-order valence-corrected chi connectivity index (χ3v) is 6.09. The zero-order valence-corrected chi connectivity index (χ0v) is 17.6. The number of ether oxygens (including phenoxy) is 2. The normalized spacial score (nSPS) is 11.0. The summed E-state index contributed by atoms with van der Waals surface area (Å²) in [4.78, 5) is 12.8. The minimum atomic E-state index is -3.87. The molecule has 0 bridgehead atoms. The van der Waals surface area contributed by atoms with Gasteiger partial charge in [0.2, 0.25) is 0 Å². The lowest BCUT2D eigenvalue weighted by Gasteiger charge is -2.23. The molecule has 1 amide bonds. The van der Waals surface area contributed by atoms with Crippen molar-refractivity contribution in [3.05, 3.63) is 47.5 Å². The molecule has 0 unspecified atom stereocenters. The van der Waals surface area contributed by atoms with Crippen LogP contribution in [0.3, 0.4) is 0 Å². The second-order valence-electron chi connectivity index (χ2n) is 6.27. The maximum atomic E-state index is 13.1. The molecule has 28 heavy (non-hydrogen) atoms. The van der Waals surface area contributed by atoms with E-state index in [1.807, 2.05) is 13.8 Å². The maximum Gasteiger partial charge on any atom is 0.264 e. The molecule has 0 aromatic heterocycles. The highest BCUT2D eigenvalue weighted by molar-refractivity contribution is 7.92. The number of sulfonamides is 1. The molecule has 2 rings (SSSR count). The topological polar surface area (TPSA) is 84.9 Å². The van der Waals surface area contributed by atoms with Gasteiger partial charge >= 0.3 is 0 Å². The predicted molar refractivity (Wildman–Crippen MR) is 109 cm³/mol. The average Bonchev–Trinajstić information content (AvgIpc) is 2.70. The SMILES string of the molecule is CCCNC(=O)c1cc(OC)c(OC)cc1N(C)S(=O)(=O)c1ccc(C)cc1. The number of amides is 1. The minimum Gasteiger partial charge on any atom is -0.493 e. The van der Waals surface area contributed by atoms with Crippen LogP contribution >= 0.6 is 0 Å². The van der Waals surface area contributed by atoms with Crippen LogP contribution in [-0.2, 0) is 10.0 Å². The molecule has 0 saturated heterocycles. The lowest BCUT2D eigenvalue weighted by Crippen LogP contribution is -2.31. The van der Waals surface area contributed by atoms with Gasteiger partial charge in [0.05, 0.1) is 30.4 Å². The summed E-state index contributed by atoms with van der Waals surface area (Å²) in [7, 11) is 0.445. The molecule has 7 nitrogen and oxygen atoms in total. The van der Waals surface area contributed by atoms with Gasteiger partial charge in [0.1, 0.15) is 0 Å². The monoisotopic (exact) mass is 406 g/mol. The summed E-state index contributed by atoms with van der Waals surface area (Å²) in [6.07, 6.45) is 0.756. The van der Waals surface area contributed by atoms with E-state index >= 15 is 0 Å². The molecule has 0 saturated carbocycles.